The van der Waals surface area contributed by atoms with Crippen molar-refractivity contribution in [3.05, 3.63) is 48.3 Å². The summed E-state index contributed by atoms with van der Waals surface area (Å²) in [7, 11) is 1.70. The van der Waals surface area contributed by atoms with Crippen LogP contribution in [0.1, 0.15) is 17.3 Å². The second-order valence-corrected chi connectivity index (χ2v) is 5.80. The van der Waals surface area contributed by atoms with E-state index in [0.717, 1.165) is 43.3 Å². The number of methoxy groups -OCH3 is 1. The minimum absolute atomic E-state index is 0.329. The predicted molar refractivity (Wildman–Crippen MR) is 97.6 cm³/mol. The molecule has 1 aromatic heterocycles. The Bertz CT molecular complexity index is 727. The number of pyridine rings is 1. The van der Waals surface area contributed by atoms with E-state index in [1.807, 2.05) is 24.3 Å². The number of esters is 1. The van der Waals surface area contributed by atoms with Crippen molar-refractivity contribution in [2.45, 2.75) is 6.92 Å². The summed E-state index contributed by atoms with van der Waals surface area (Å²) in [6.07, 6.45) is 3.34. The summed E-state index contributed by atoms with van der Waals surface area (Å²) in [6, 6.07) is 9.91. The van der Waals surface area contributed by atoms with E-state index in [2.05, 4.69) is 20.9 Å². The Morgan fingerprint density at radius 3 is 2.56 bits per heavy atom. The van der Waals surface area contributed by atoms with E-state index in [9.17, 15) is 4.79 Å². The van der Waals surface area contributed by atoms with Crippen LogP contribution >= 0.6 is 0 Å². The molecule has 6 heteroatoms. The number of ether oxygens (including phenoxy) is 2. The van der Waals surface area contributed by atoms with E-state index in [4.69, 9.17) is 9.47 Å². The minimum Gasteiger partial charge on any atom is -0.495 e. The lowest BCUT2D eigenvalue weighted by molar-refractivity contribution is 0.0526. The molecular weight excluding hydrogens is 318 g/mol. The van der Waals surface area contributed by atoms with Crippen LogP contribution in [0, 0.1) is 0 Å². The van der Waals surface area contributed by atoms with Crippen LogP contribution in [-0.2, 0) is 4.74 Å². The number of nitrogens with zero attached hydrogens (tertiary/aromatic N) is 3. The number of hydrogen-bond acceptors (Lipinski definition) is 6. The Morgan fingerprint density at radius 2 is 1.84 bits per heavy atom. The SMILES string of the molecule is CCOC(=O)c1cncc(N2CCN(c3ccccc3OC)CC2)c1. The monoisotopic (exact) mass is 341 g/mol. The van der Waals surface area contributed by atoms with Gasteiger partial charge in [0.1, 0.15) is 5.75 Å². The molecule has 1 fully saturated rings. The van der Waals surface area contributed by atoms with E-state index in [-0.39, 0.29) is 5.97 Å². The number of carbonyl (C=O) groups excluding carboxylic acids is 1. The normalized spacial score (nSPS) is 14.3. The first-order chi connectivity index (χ1) is 12.2. The van der Waals surface area contributed by atoms with Crippen molar-refractivity contribution in [2.75, 3.05) is 49.7 Å². The van der Waals surface area contributed by atoms with Gasteiger partial charge >= 0.3 is 5.97 Å². The number of piperazine rings is 1. The highest BCUT2D eigenvalue weighted by molar-refractivity contribution is 5.90. The Balaban J connectivity index is 1.68. The van der Waals surface area contributed by atoms with Gasteiger partial charge < -0.3 is 19.3 Å². The molecule has 0 unspecified atom stereocenters. The Morgan fingerprint density at radius 1 is 1.12 bits per heavy atom. The van der Waals surface area contributed by atoms with Gasteiger partial charge in [-0.1, -0.05) is 12.1 Å². The van der Waals surface area contributed by atoms with Crippen molar-refractivity contribution in [3.63, 3.8) is 0 Å². The summed E-state index contributed by atoms with van der Waals surface area (Å²) in [4.78, 5) is 20.6. The van der Waals surface area contributed by atoms with Crippen molar-refractivity contribution in [3.8, 4) is 5.75 Å². The summed E-state index contributed by atoms with van der Waals surface area (Å²) in [6.45, 7) is 5.62. The van der Waals surface area contributed by atoms with Crippen molar-refractivity contribution in [1.82, 2.24) is 4.98 Å². The number of anilines is 2. The highest BCUT2D eigenvalue weighted by Crippen LogP contribution is 2.29. The zero-order valence-corrected chi connectivity index (χ0v) is 14.6. The number of aromatic nitrogens is 1. The summed E-state index contributed by atoms with van der Waals surface area (Å²) >= 11 is 0. The number of rotatable bonds is 5. The van der Waals surface area contributed by atoms with Crippen LogP contribution in [0.4, 0.5) is 11.4 Å². The van der Waals surface area contributed by atoms with Gasteiger partial charge in [0, 0.05) is 32.4 Å². The molecule has 1 aromatic carbocycles. The molecule has 1 aliphatic heterocycles. The van der Waals surface area contributed by atoms with Crippen LogP contribution in [0.15, 0.2) is 42.7 Å². The predicted octanol–water partition coefficient (Wildman–Crippen LogP) is 2.59. The first-order valence-electron chi connectivity index (χ1n) is 8.48. The molecule has 3 rings (SSSR count). The third-order valence-electron chi connectivity index (χ3n) is 4.31. The number of benzene rings is 1. The summed E-state index contributed by atoms with van der Waals surface area (Å²) in [5.41, 5.74) is 2.56. The first-order valence-corrected chi connectivity index (χ1v) is 8.48. The lowest BCUT2D eigenvalue weighted by atomic mass is 10.2. The fraction of sp³-hybridized carbons (Fsp3) is 0.368. The fourth-order valence-electron chi connectivity index (χ4n) is 3.02. The van der Waals surface area contributed by atoms with Crippen molar-refractivity contribution in [2.24, 2.45) is 0 Å². The molecule has 0 N–H and O–H groups in total. The number of para-hydroxylation sites is 2. The molecule has 2 heterocycles. The molecule has 0 spiro atoms. The summed E-state index contributed by atoms with van der Waals surface area (Å²) in [5, 5.41) is 0. The zero-order chi connectivity index (χ0) is 17.6. The van der Waals surface area contributed by atoms with E-state index in [1.54, 1.807) is 26.4 Å². The maximum absolute atomic E-state index is 11.9. The van der Waals surface area contributed by atoms with Crippen molar-refractivity contribution in [1.29, 1.82) is 0 Å². The van der Waals surface area contributed by atoms with Crippen LogP contribution in [0.3, 0.4) is 0 Å². The highest BCUT2D eigenvalue weighted by Gasteiger charge is 2.20. The average molecular weight is 341 g/mol. The van der Waals surface area contributed by atoms with Crippen molar-refractivity contribution < 1.29 is 14.3 Å². The molecule has 1 aliphatic rings. The van der Waals surface area contributed by atoms with Gasteiger partial charge in [0.05, 0.1) is 36.9 Å². The number of hydrogen-bond donors (Lipinski definition) is 0. The molecule has 1 saturated heterocycles. The zero-order valence-electron chi connectivity index (χ0n) is 14.6. The molecule has 25 heavy (non-hydrogen) atoms. The topological polar surface area (TPSA) is 54.9 Å². The maximum atomic E-state index is 11.9. The lowest BCUT2D eigenvalue weighted by Crippen LogP contribution is -2.46. The average Bonchev–Trinajstić information content (AvgIpc) is 2.68. The lowest BCUT2D eigenvalue weighted by Gasteiger charge is -2.37. The van der Waals surface area contributed by atoms with Gasteiger partial charge in [-0.05, 0) is 25.1 Å². The van der Waals surface area contributed by atoms with Crippen LogP contribution in [0.25, 0.3) is 0 Å². The molecule has 6 nitrogen and oxygen atoms in total. The van der Waals surface area contributed by atoms with Crippen LogP contribution in [0.2, 0.25) is 0 Å². The standard InChI is InChI=1S/C19H23N3O3/c1-3-25-19(23)15-12-16(14-20-13-15)21-8-10-22(11-9-21)17-6-4-5-7-18(17)24-2/h4-7,12-14H,3,8-11H2,1-2H3. The molecule has 2 aromatic rings. The van der Waals surface area contributed by atoms with E-state index >= 15 is 0 Å². The third-order valence-corrected chi connectivity index (χ3v) is 4.31. The molecule has 0 amide bonds. The maximum Gasteiger partial charge on any atom is 0.339 e. The van der Waals surface area contributed by atoms with Crippen molar-refractivity contribution >= 4 is 17.3 Å². The van der Waals surface area contributed by atoms with Crippen LogP contribution in [0.5, 0.6) is 5.75 Å². The Hall–Kier alpha value is -2.76. The summed E-state index contributed by atoms with van der Waals surface area (Å²) < 4.78 is 10.5. The molecule has 0 radical (unpaired) electrons. The fourth-order valence-corrected chi connectivity index (χ4v) is 3.02. The third kappa shape index (κ3) is 3.84. The van der Waals surface area contributed by atoms with E-state index in [0.29, 0.717) is 12.2 Å². The van der Waals surface area contributed by atoms with E-state index < -0.39 is 0 Å². The molecule has 0 bridgehead atoms. The second kappa shape index (κ2) is 7.88. The minimum atomic E-state index is -0.329. The largest absolute Gasteiger partial charge is 0.495 e. The van der Waals surface area contributed by atoms with Crippen LogP contribution < -0.4 is 14.5 Å². The summed E-state index contributed by atoms with van der Waals surface area (Å²) in [5.74, 6) is 0.562. The Kier molecular flexibility index (Phi) is 5.38. The van der Waals surface area contributed by atoms with Gasteiger partial charge in [-0.15, -0.1) is 0 Å². The smallest absolute Gasteiger partial charge is 0.339 e. The second-order valence-electron chi connectivity index (χ2n) is 5.80. The quantitative estimate of drug-likeness (QED) is 0.779. The van der Waals surface area contributed by atoms with Gasteiger partial charge in [0.15, 0.2) is 0 Å². The number of carbonyl (C=O) groups is 1. The van der Waals surface area contributed by atoms with Gasteiger partial charge in [0.2, 0.25) is 0 Å². The van der Waals surface area contributed by atoms with Gasteiger partial charge in [-0.25, -0.2) is 4.79 Å². The molecule has 0 aliphatic carbocycles. The molecule has 0 saturated carbocycles. The first kappa shape index (κ1) is 17.1. The van der Waals surface area contributed by atoms with Crippen LogP contribution in [-0.4, -0.2) is 50.8 Å². The van der Waals surface area contributed by atoms with E-state index in [1.165, 1.54) is 0 Å². The molecule has 0 atom stereocenters. The highest BCUT2D eigenvalue weighted by atomic mass is 16.5. The molecule has 132 valence electrons. The Labute approximate surface area is 148 Å². The molecular formula is C19H23N3O3. The van der Waals surface area contributed by atoms with Gasteiger partial charge in [-0.2, -0.15) is 0 Å². The van der Waals surface area contributed by atoms with Gasteiger partial charge in [-0.3, -0.25) is 4.98 Å². The van der Waals surface area contributed by atoms with Gasteiger partial charge in [0.25, 0.3) is 0 Å².